The standard InChI is InChI=1S/C13H12ClNO4/c1-2-19-11(16)5-3-4-8-6-9(14)7-10(12(8)15)13(17)18/h6-7H,2,5,15H2,1H3,(H,17,18). The van der Waals surface area contributed by atoms with Crippen molar-refractivity contribution in [1.29, 1.82) is 0 Å². The molecule has 1 rings (SSSR count). The number of ether oxygens (including phenoxy) is 1. The summed E-state index contributed by atoms with van der Waals surface area (Å²) in [6, 6.07) is 2.69. The maximum absolute atomic E-state index is 11.1. The Morgan fingerprint density at radius 3 is 2.74 bits per heavy atom. The molecule has 0 saturated heterocycles. The Bertz CT molecular complexity index is 572. The highest BCUT2D eigenvalue weighted by Crippen LogP contribution is 2.22. The summed E-state index contributed by atoms with van der Waals surface area (Å²) in [6.45, 7) is 1.97. The summed E-state index contributed by atoms with van der Waals surface area (Å²) in [4.78, 5) is 22.0. The fraction of sp³-hybridized carbons (Fsp3) is 0.231. The Morgan fingerprint density at radius 1 is 1.47 bits per heavy atom. The fourth-order valence-electron chi connectivity index (χ4n) is 1.32. The number of aromatic carboxylic acids is 1. The van der Waals surface area contributed by atoms with Gasteiger partial charge in [0.2, 0.25) is 0 Å². The smallest absolute Gasteiger partial charge is 0.337 e. The lowest BCUT2D eigenvalue weighted by molar-refractivity contribution is -0.141. The number of carboxylic acid groups (broad SMARTS) is 1. The predicted molar refractivity (Wildman–Crippen MR) is 71.0 cm³/mol. The van der Waals surface area contributed by atoms with Crippen LogP contribution in [0, 0.1) is 11.8 Å². The molecule has 0 fully saturated rings. The minimum Gasteiger partial charge on any atom is -0.478 e. The van der Waals surface area contributed by atoms with E-state index in [0.717, 1.165) is 0 Å². The summed E-state index contributed by atoms with van der Waals surface area (Å²) in [5.74, 6) is 3.54. The molecular formula is C13H12ClNO4. The summed E-state index contributed by atoms with van der Waals surface area (Å²) >= 11 is 5.78. The van der Waals surface area contributed by atoms with Gasteiger partial charge in [-0.25, -0.2) is 4.79 Å². The van der Waals surface area contributed by atoms with Gasteiger partial charge in [-0.05, 0) is 19.1 Å². The minimum atomic E-state index is -1.19. The zero-order valence-corrected chi connectivity index (χ0v) is 11.0. The first kappa shape index (κ1) is 14.9. The number of nitrogens with two attached hydrogens (primary N) is 1. The quantitative estimate of drug-likeness (QED) is 0.502. The molecule has 100 valence electrons. The molecular weight excluding hydrogens is 270 g/mol. The van der Waals surface area contributed by atoms with Crippen LogP contribution in [-0.4, -0.2) is 23.7 Å². The van der Waals surface area contributed by atoms with Crippen LogP contribution in [0.25, 0.3) is 0 Å². The highest BCUT2D eigenvalue weighted by atomic mass is 35.5. The van der Waals surface area contributed by atoms with Crippen molar-refractivity contribution in [1.82, 2.24) is 0 Å². The van der Waals surface area contributed by atoms with Gasteiger partial charge in [0, 0.05) is 10.6 Å². The molecule has 19 heavy (non-hydrogen) atoms. The largest absolute Gasteiger partial charge is 0.478 e. The third kappa shape index (κ3) is 4.19. The number of carboxylic acids is 1. The number of hydrogen-bond donors (Lipinski definition) is 2. The van der Waals surface area contributed by atoms with E-state index in [1.807, 2.05) is 0 Å². The molecule has 3 N–H and O–H groups in total. The zero-order valence-electron chi connectivity index (χ0n) is 10.2. The number of halogens is 1. The van der Waals surface area contributed by atoms with Crippen LogP contribution in [-0.2, 0) is 9.53 Å². The lowest BCUT2D eigenvalue weighted by Crippen LogP contribution is -2.04. The maximum atomic E-state index is 11.1. The molecule has 1 aromatic rings. The predicted octanol–water partition coefficient (Wildman–Crippen LogP) is 1.93. The molecule has 0 spiro atoms. The van der Waals surface area contributed by atoms with E-state index >= 15 is 0 Å². The van der Waals surface area contributed by atoms with Crippen molar-refractivity contribution in [2.75, 3.05) is 12.3 Å². The van der Waals surface area contributed by atoms with Gasteiger partial charge in [-0.15, -0.1) is 0 Å². The Balaban J connectivity index is 2.99. The summed E-state index contributed by atoms with van der Waals surface area (Å²) in [6.07, 6.45) is -0.0950. The highest BCUT2D eigenvalue weighted by Gasteiger charge is 2.12. The van der Waals surface area contributed by atoms with Crippen LogP contribution in [0.4, 0.5) is 5.69 Å². The summed E-state index contributed by atoms with van der Waals surface area (Å²) in [5.41, 5.74) is 5.85. The first-order valence-electron chi connectivity index (χ1n) is 5.42. The number of hydrogen-bond acceptors (Lipinski definition) is 4. The van der Waals surface area contributed by atoms with Gasteiger partial charge in [-0.1, -0.05) is 23.4 Å². The van der Waals surface area contributed by atoms with E-state index in [9.17, 15) is 9.59 Å². The van der Waals surface area contributed by atoms with E-state index in [1.54, 1.807) is 6.92 Å². The molecule has 0 aliphatic rings. The maximum Gasteiger partial charge on any atom is 0.337 e. The van der Waals surface area contributed by atoms with Crippen molar-refractivity contribution in [3.63, 3.8) is 0 Å². The van der Waals surface area contributed by atoms with E-state index in [2.05, 4.69) is 11.8 Å². The summed E-state index contributed by atoms with van der Waals surface area (Å²) < 4.78 is 4.70. The van der Waals surface area contributed by atoms with Gasteiger partial charge in [0.25, 0.3) is 0 Å². The first-order valence-corrected chi connectivity index (χ1v) is 5.80. The molecule has 6 heteroatoms. The van der Waals surface area contributed by atoms with Crippen molar-refractivity contribution in [2.24, 2.45) is 0 Å². The normalized spacial score (nSPS) is 9.37. The Hall–Kier alpha value is -2.19. The van der Waals surface area contributed by atoms with E-state index < -0.39 is 11.9 Å². The van der Waals surface area contributed by atoms with Crippen molar-refractivity contribution < 1.29 is 19.4 Å². The van der Waals surface area contributed by atoms with Crippen LogP contribution < -0.4 is 5.73 Å². The molecule has 0 aliphatic carbocycles. The fourth-order valence-corrected chi connectivity index (χ4v) is 1.54. The number of rotatable bonds is 3. The molecule has 0 atom stereocenters. The molecule has 0 bridgehead atoms. The second-order valence-electron chi connectivity index (χ2n) is 3.50. The number of nitrogen functional groups attached to an aromatic ring is 1. The van der Waals surface area contributed by atoms with Crippen LogP contribution in [0.1, 0.15) is 29.3 Å². The molecule has 0 saturated carbocycles. The van der Waals surface area contributed by atoms with E-state index in [0.29, 0.717) is 0 Å². The van der Waals surface area contributed by atoms with Crippen LogP contribution in [0.2, 0.25) is 5.02 Å². The van der Waals surface area contributed by atoms with Crippen LogP contribution in [0.5, 0.6) is 0 Å². The molecule has 0 amide bonds. The second-order valence-corrected chi connectivity index (χ2v) is 3.94. The van der Waals surface area contributed by atoms with Gasteiger partial charge < -0.3 is 15.6 Å². The lowest BCUT2D eigenvalue weighted by Gasteiger charge is -2.04. The van der Waals surface area contributed by atoms with Crippen LogP contribution >= 0.6 is 11.6 Å². The van der Waals surface area contributed by atoms with Gasteiger partial charge in [0.15, 0.2) is 0 Å². The SMILES string of the molecule is CCOC(=O)CC#Cc1cc(Cl)cc(C(=O)O)c1N. The first-order chi connectivity index (χ1) is 8.95. The molecule has 0 aliphatic heterocycles. The van der Waals surface area contributed by atoms with E-state index in [-0.39, 0.29) is 34.9 Å². The number of esters is 1. The highest BCUT2D eigenvalue weighted by molar-refractivity contribution is 6.31. The number of anilines is 1. The number of benzene rings is 1. The molecule has 1 aromatic carbocycles. The molecule has 5 nitrogen and oxygen atoms in total. The molecule has 0 aromatic heterocycles. The topological polar surface area (TPSA) is 89.6 Å². The lowest BCUT2D eigenvalue weighted by atomic mass is 10.1. The molecule has 0 unspecified atom stereocenters. The number of carbonyl (C=O) groups is 2. The Kier molecular flexibility index (Phi) is 5.22. The summed E-state index contributed by atoms with van der Waals surface area (Å²) in [7, 11) is 0. The zero-order chi connectivity index (χ0) is 14.4. The Labute approximate surface area is 115 Å². The third-order valence-corrected chi connectivity index (χ3v) is 2.35. The van der Waals surface area contributed by atoms with E-state index in [1.165, 1.54) is 12.1 Å². The Morgan fingerprint density at radius 2 is 2.16 bits per heavy atom. The third-order valence-electron chi connectivity index (χ3n) is 2.14. The van der Waals surface area contributed by atoms with Crippen LogP contribution in [0.3, 0.4) is 0 Å². The summed E-state index contributed by atoms with van der Waals surface area (Å²) in [5, 5.41) is 9.15. The number of carbonyl (C=O) groups excluding carboxylic acids is 1. The van der Waals surface area contributed by atoms with Gasteiger partial charge in [0.1, 0.15) is 6.42 Å². The van der Waals surface area contributed by atoms with Crippen molar-refractivity contribution in [2.45, 2.75) is 13.3 Å². The van der Waals surface area contributed by atoms with E-state index in [4.69, 9.17) is 27.2 Å². The van der Waals surface area contributed by atoms with Crippen molar-refractivity contribution in [3.8, 4) is 11.8 Å². The average Bonchev–Trinajstić information content (AvgIpc) is 2.33. The molecule has 0 radical (unpaired) electrons. The van der Waals surface area contributed by atoms with Gasteiger partial charge in [-0.2, -0.15) is 0 Å². The van der Waals surface area contributed by atoms with Gasteiger partial charge in [-0.3, -0.25) is 4.79 Å². The van der Waals surface area contributed by atoms with Gasteiger partial charge >= 0.3 is 11.9 Å². The van der Waals surface area contributed by atoms with Crippen molar-refractivity contribution in [3.05, 3.63) is 28.3 Å². The van der Waals surface area contributed by atoms with Gasteiger partial charge in [0.05, 0.1) is 17.9 Å². The second kappa shape index (κ2) is 6.66. The monoisotopic (exact) mass is 281 g/mol. The molecule has 0 heterocycles. The van der Waals surface area contributed by atoms with Crippen molar-refractivity contribution >= 4 is 29.2 Å². The minimum absolute atomic E-state index is 0.0215. The average molecular weight is 282 g/mol. The van der Waals surface area contributed by atoms with Crippen LogP contribution in [0.15, 0.2) is 12.1 Å².